The topological polar surface area (TPSA) is 20.2 Å². The number of aliphatic hydroxyl groups excluding tert-OH is 1. The van der Waals surface area contributed by atoms with E-state index in [1.165, 1.54) is 16.7 Å². The normalized spacial score (nSPS) is 12.1. The second kappa shape index (κ2) is 6.91. The molecule has 0 saturated carbocycles. The van der Waals surface area contributed by atoms with Gasteiger partial charge in [-0.3, -0.25) is 0 Å². The number of rotatable bonds is 6. The smallest absolute Gasteiger partial charge is 0.0471 e. The van der Waals surface area contributed by atoms with Crippen LogP contribution >= 0.6 is 0 Å². The van der Waals surface area contributed by atoms with Crippen LogP contribution in [0.4, 0.5) is 0 Å². The van der Waals surface area contributed by atoms with Crippen molar-refractivity contribution in [3.8, 4) is 0 Å². The molecular formula is C18H20O. The molecule has 0 bridgehead atoms. The highest BCUT2D eigenvalue weighted by atomic mass is 16.2. The number of benzene rings is 2. The minimum Gasteiger partial charge on any atom is -0.396 e. The van der Waals surface area contributed by atoms with Gasteiger partial charge in [0.05, 0.1) is 0 Å². The molecule has 2 aromatic rings. The largest absolute Gasteiger partial charge is 0.396 e. The Morgan fingerprint density at radius 3 is 2.21 bits per heavy atom. The summed E-state index contributed by atoms with van der Waals surface area (Å²) >= 11 is 0. The van der Waals surface area contributed by atoms with Crippen LogP contribution in [0.1, 0.15) is 22.6 Å². The second-order valence-corrected chi connectivity index (χ2v) is 4.70. The third kappa shape index (κ3) is 3.55. The van der Waals surface area contributed by atoms with E-state index in [0.29, 0.717) is 5.92 Å². The van der Waals surface area contributed by atoms with Crippen LogP contribution in [-0.4, -0.2) is 11.7 Å². The lowest BCUT2D eigenvalue weighted by molar-refractivity contribution is 0.299. The van der Waals surface area contributed by atoms with Crippen LogP contribution in [0.3, 0.4) is 0 Å². The summed E-state index contributed by atoms with van der Waals surface area (Å²) in [4.78, 5) is 0. The summed E-state index contributed by atoms with van der Waals surface area (Å²) in [6, 6.07) is 18.8. The first-order valence-electron chi connectivity index (χ1n) is 6.70. The molecule has 2 aromatic carbocycles. The quantitative estimate of drug-likeness (QED) is 0.777. The molecule has 1 nitrogen and oxygen atoms in total. The summed E-state index contributed by atoms with van der Waals surface area (Å²) in [6.45, 7) is 4.16. The third-order valence-electron chi connectivity index (χ3n) is 3.45. The molecule has 0 heterocycles. The minimum atomic E-state index is 0.196. The van der Waals surface area contributed by atoms with E-state index in [2.05, 4.69) is 49.0 Å². The van der Waals surface area contributed by atoms with E-state index < -0.39 is 0 Å². The van der Waals surface area contributed by atoms with E-state index in [4.69, 9.17) is 5.11 Å². The Hall–Kier alpha value is -1.86. The predicted octanol–water partition coefficient (Wildman–Crippen LogP) is 3.73. The lowest BCUT2D eigenvalue weighted by atomic mass is 9.89. The van der Waals surface area contributed by atoms with Gasteiger partial charge in [0.25, 0.3) is 0 Å². The third-order valence-corrected chi connectivity index (χ3v) is 3.45. The van der Waals surface area contributed by atoms with E-state index >= 15 is 0 Å². The highest BCUT2D eigenvalue weighted by molar-refractivity contribution is 5.32. The Balaban J connectivity index is 2.21. The summed E-state index contributed by atoms with van der Waals surface area (Å²) in [7, 11) is 0. The van der Waals surface area contributed by atoms with Gasteiger partial charge < -0.3 is 5.11 Å². The fraction of sp³-hybridized carbons (Fsp3) is 0.222. The molecule has 0 saturated heterocycles. The van der Waals surface area contributed by atoms with Crippen LogP contribution in [0.25, 0.3) is 0 Å². The molecule has 1 unspecified atom stereocenters. The first kappa shape index (κ1) is 13.6. The molecule has 0 fully saturated rings. The molecule has 19 heavy (non-hydrogen) atoms. The SMILES string of the molecule is C=CC(Cc1ccccc1CCO)c1ccccc1. The molecule has 0 aliphatic carbocycles. The summed E-state index contributed by atoms with van der Waals surface area (Å²) < 4.78 is 0. The first-order chi connectivity index (χ1) is 9.35. The van der Waals surface area contributed by atoms with Gasteiger partial charge in [-0.15, -0.1) is 6.58 Å². The van der Waals surface area contributed by atoms with Crippen molar-refractivity contribution in [2.24, 2.45) is 0 Å². The van der Waals surface area contributed by atoms with Gasteiger partial charge in [-0.05, 0) is 29.5 Å². The number of hydrogen-bond donors (Lipinski definition) is 1. The zero-order valence-corrected chi connectivity index (χ0v) is 11.1. The molecule has 1 N–H and O–H groups in total. The Labute approximate surface area is 115 Å². The van der Waals surface area contributed by atoms with Crippen molar-refractivity contribution in [1.82, 2.24) is 0 Å². The van der Waals surface area contributed by atoms with Crippen molar-refractivity contribution in [3.05, 3.63) is 83.9 Å². The van der Waals surface area contributed by atoms with Gasteiger partial charge in [0.15, 0.2) is 0 Å². The summed E-state index contributed by atoms with van der Waals surface area (Å²) in [6.07, 6.45) is 3.66. The maximum absolute atomic E-state index is 9.13. The summed E-state index contributed by atoms with van der Waals surface area (Å²) in [5.41, 5.74) is 3.81. The van der Waals surface area contributed by atoms with Crippen molar-refractivity contribution < 1.29 is 5.11 Å². The molecule has 1 atom stereocenters. The highest BCUT2D eigenvalue weighted by Crippen LogP contribution is 2.23. The molecule has 0 aliphatic heterocycles. The van der Waals surface area contributed by atoms with Crippen LogP contribution in [0.5, 0.6) is 0 Å². The van der Waals surface area contributed by atoms with Crippen LogP contribution in [0, 0.1) is 0 Å². The number of allylic oxidation sites excluding steroid dienone is 1. The molecule has 98 valence electrons. The molecule has 0 aromatic heterocycles. The van der Waals surface area contributed by atoms with Crippen LogP contribution in [0.15, 0.2) is 67.3 Å². The maximum atomic E-state index is 9.13. The fourth-order valence-electron chi connectivity index (χ4n) is 2.40. The van der Waals surface area contributed by atoms with E-state index in [9.17, 15) is 0 Å². The fourth-order valence-corrected chi connectivity index (χ4v) is 2.40. The highest BCUT2D eigenvalue weighted by Gasteiger charge is 2.10. The van der Waals surface area contributed by atoms with Crippen LogP contribution in [0.2, 0.25) is 0 Å². The lowest BCUT2D eigenvalue weighted by Crippen LogP contribution is -2.04. The maximum Gasteiger partial charge on any atom is 0.0471 e. The number of hydrogen-bond acceptors (Lipinski definition) is 1. The molecule has 2 rings (SSSR count). The Kier molecular flexibility index (Phi) is 4.93. The first-order valence-corrected chi connectivity index (χ1v) is 6.70. The van der Waals surface area contributed by atoms with Gasteiger partial charge in [0.2, 0.25) is 0 Å². The summed E-state index contributed by atoms with van der Waals surface area (Å²) in [5, 5.41) is 9.13. The van der Waals surface area contributed by atoms with E-state index in [-0.39, 0.29) is 6.61 Å². The van der Waals surface area contributed by atoms with Gasteiger partial charge in [-0.2, -0.15) is 0 Å². The molecule has 1 heteroatoms. The van der Waals surface area contributed by atoms with Gasteiger partial charge in [-0.25, -0.2) is 0 Å². The zero-order valence-electron chi connectivity index (χ0n) is 11.1. The predicted molar refractivity (Wildman–Crippen MR) is 80.3 cm³/mol. The van der Waals surface area contributed by atoms with Crippen molar-refractivity contribution in [1.29, 1.82) is 0 Å². The Morgan fingerprint density at radius 2 is 1.58 bits per heavy atom. The van der Waals surface area contributed by atoms with Gasteiger partial charge >= 0.3 is 0 Å². The molecule has 0 spiro atoms. The monoisotopic (exact) mass is 252 g/mol. The number of aliphatic hydroxyl groups is 1. The summed E-state index contributed by atoms with van der Waals surface area (Å²) in [5.74, 6) is 0.320. The standard InChI is InChI=1S/C18H20O/c1-2-15(16-8-4-3-5-9-16)14-18-11-7-6-10-17(18)12-13-19/h2-11,15,19H,1,12-14H2. The Morgan fingerprint density at radius 1 is 0.947 bits per heavy atom. The average molecular weight is 252 g/mol. The van der Waals surface area contributed by atoms with Crippen LogP contribution in [-0.2, 0) is 12.8 Å². The molecule has 0 radical (unpaired) electrons. The second-order valence-electron chi connectivity index (χ2n) is 4.70. The molecule has 0 amide bonds. The van der Waals surface area contributed by atoms with Crippen LogP contribution < -0.4 is 0 Å². The van der Waals surface area contributed by atoms with E-state index in [1.807, 2.05) is 18.2 Å². The zero-order chi connectivity index (χ0) is 13.5. The van der Waals surface area contributed by atoms with Crippen molar-refractivity contribution in [3.63, 3.8) is 0 Å². The van der Waals surface area contributed by atoms with E-state index in [1.54, 1.807) is 0 Å². The minimum absolute atomic E-state index is 0.196. The molecular weight excluding hydrogens is 232 g/mol. The Bertz CT molecular complexity index is 516. The molecule has 0 aliphatic rings. The van der Waals surface area contributed by atoms with Crippen molar-refractivity contribution in [2.45, 2.75) is 18.8 Å². The van der Waals surface area contributed by atoms with Gasteiger partial charge in [-0.1, -0.05) is 60.7 Å². The van der Waals surface area contributed by atoms with Crippen molar-refractivity contribution in [2.75, 3.05) is 6.61 Å². The van der Waals surface area contributed by atoms with Crippen molar-refractivity contribution >= 4 is 0 Å². The van der Waals surface area contributed by atoms with E-state index in [0.717, 1.165) is 12.8 Å². The van der Waals surface area contributed by atoms with Gasteiger partial charge in [0, 0.05) is 12.5 Å². The lowest BCUT2D eigenvalue weighted by Gasteiger charge is -2.15. The average Bonchev–Trinajstić information content (AvgIpc) is 2.47. The van der Waals surface area contributed by atoms with Gasteiger partial charge in [0.1, 0.15) is 0 Å².